The SMILES string of the molecule is C=C(C)C(O)OC(COC(=O)C(F)(F)CCC)C(COC(=O)C(F)(F)CCC)OC(=O)C(F)(F)CCC. The van der Waals surface area contributed by atoms with E-state index in [-0.39, 0.29) is 24.8 Å². The second-order valence-corrected chi connectivity index (χ2v) is 8.38. The Morgan fingerprint density at radius 3 is 1.43 bits per heavy atom. The van der Waals surface area contributed by atoms with E-state index in [4.69, 9.17) is 4.74 Å². The first-order valence-electron chi connectivity index (χ1n) is 11.6. The molecule has 8 nitrogen and oxygen atoms in total. The summed E-state index contributed by atoms with van der Waals surface area (Å²) in [7, 11) is 0. The van der Waals surface area contributed by atoms with Crippen LogP contribution in [0.15, 0.2) is 12.2 Å². The Morgan fingerprint density at radius 1 is 0.730 bits per heavy atom. The van der Waals surface area contributed by atoms with Gasteiger partial charge in [0.05, 0.1) is 0 Å². The monoisotopic (exact) mass is 552 g/mol. The maximum Gasteiger partial charge on any atom is 0.377 e. The third-order valence-electron chi connectivity index (χ3n) is 4.74. The average molecular weight is 553 g/mol. The quantitative estimate of drug-likeness (QED) is 0.0867. The minimum atomic E-state index is -4.06. The molecule has 0 amide bonds. The molecule has 0 aromatic carbocycles. The highest BCUT2D eigenvalue weighted by Gasteiger charge is 2.46. The number of ether oxygens (including phenoxy) is 4. The molecular formula is C23H34F6O8. The van der Waals surface area contributed by atoms with Gasteiger partial charge in [-0.3, -0.25) is 0 Å². The van der Waals surface area contributed by atoms with Gasteiger partial charge in [0.1, 0.15) is 19.3 Å². The van der Waals surface area contributed by atoms with E-state index in [9.17, 15) is 45.8 Å². The van der Waals surface area contributed by atoms with Crippen molar-refractivity contribution >= 4 is 17.9 Å². The predicted octanol–water partition coefficient (Wildman–Crippen LogP) is 4.57. The van der Waals surface area contributed by atoms with E-state index in [1.165, 1.54) is 27.7 Å². The molecule has 1 N–H and O–H groups in total. The summed E-state index contributed by atoms with van der Waals surface area (Å²) >= 11 is 0. The summed E-state index contributed by atoms with van der Waals surface area (Å²) in [6.07, 6.45) is -9.28. The zero-order chi connectivity index (χ0) is 29.0. The molecule has 0 saturated carbocycles. The number of rotatable bonds is 18. The fraction of sp³-hybridized carbons (Fsp3) is 0.783. The van der Waals surface area contributed by atoms with Gasteiger partial charge >= 0.3 is 35.7 Å². The van der Waals surface area contributed by atoms with Gasteiger partial charge < -0.3 is 24.1 Å². The van der Waals surface area contributed by atoms with Crippen LogP contribution in [0, 0.1) is 0 Å². The molecule has 3 unspecified atom stereocenters. The molecule has 0 aliphatic rings. The van der Waals surface area contributed by atoms with Crippen molar-refractivity contribution < 1.29 is 64.8 Å². The lowest BCUT2D eigenvalue weighted by Crippen LogP contribution is -2.47. The van der Waals surface area contributed by atoms with Crippen molar-refractivity contribution in [1.82, 2.24) is 0 Å². The highest BCUT2D eigenvalue weighted by atomic mass is 19.3. The van der Waals surface area contributed by atoms with Crippen LogP contribution in [0.4, 0.5) is 26.3 Å². The van der Waals surface area contributed by atoms with Crippen LogP contribution >= 0.6 is 0 Å². The zero-order valence-electron chi connectivity index (χ0n) is 21.2. The molecule has 0 saturated heterocycles. The number of halogens is 6. The standard InChI is InChI=1S/C23H34F6O8/c1-6-9-21(24,25)18(31)34-12-15(36-17(30)14(4)5)16(37-20(33)23(28,29)11-8-3)13-35-19(32)22(26,27)10-7-2/h15-17,30H,4,6-13H2,1-3,5H3. The summed E-state index contributed by atoms with van der Waals surface area (Å²) in [5, 5.41) is 9.98. The minimum absolute atomic E-state index is 0.0968. The summed E-state index contributed by atoms with van der Waals surface area (Å²) < 4.78 is 102. The number of aliphatic hydroxyl groups is 1. The zero-order valence-corrected chi connectivity index (χ0v) is 21.2. The number of alkyl halides is 6. The van der Waals surface area contributed by atoms with Crippen LogP contribution in [-0.2, 0) is 33.3 Å². The number of hydrogen-bond donors (Lipinski definition) is 1. The van der Waals surface area contributed by atoms with E-state index in [2.05, 4.69) is 20.8 Å². The molecule has 0 rings (SSSR count). The van der Waals surface area contributed by atoms with Gasteiger partial charge in [-0.2, -0.15) is 26.3 Å². The third kappa shape index (κ3) is 11.7. The Kier molecular flexibility index (Phi) is 14.2. The topological polar surface area (TPSA) is 108 Å². The first kappa shape index (κ1) is 34.6. The van der Waals surface area contributed by atoms with Gasteiger partial charge in [0.25, 0.3) is 0 Å². The van der Waals surface area contributed by atoms with Crippen molar-refractivity contribution in [1.29, 1.82) is 0 Å². The van der Waals surface area contributed by atoms with Gasteiger partial charge in [-0.05, 0) is 31.8 Å². The molecule has 14 heteroatoms. The lowest BCUT2D eigenvalue weighted by atomic mass is 10.1. The van der Waals surface area contributed by atoms with Crippen molar-refractivity contribution in [3.8, 4) is 0 Å². The van der Waals surface area contributed by atoms with Gasteiger partial charge in [-0.15, -0.1) is 0 Å². The highest BCUT2D eigenvalue weighted by Crippen LogP contribution is 2.27. The number of esters is 3. The Balaban J connectivity index is 6.06. The van der Waals surface area contributed by atoms with E-state index in [0.29, 0.717) is 0 Å². The maximum atomic E-state index is 14.1. The Hall–Kier alpha value is -2.35. The fourth-order valence-corrected chi connectivity index (χ4v) is 2.73. The summed E-state index contributed by atoms with van der Waals surface area (Å²) in [6.45, 7) is 6.12. The first-order valence-corrected chi connectivity index (χ1v) is 11.6. The molecule has 216 valence electrons. The van der Waals surface area contributed by atoms with Crippen LogP contribution in [0.2, 0.25) is 0 Å². The molecule has 0 heterocycles. The second-order valence-electron chi connectivity index (χ2n) is 8.38. The molecular weight excluding hydrogens is 518 g/mol. The average Bonchev–Trinajstić information content (AvgIpc) is 2.78. The molecule has 37 heavy (non-hydrogen) atoms. The molecule has 0 bridgehead atoms. The van der Waals surface area contributed by atoms with Gasteiger partial charge in [-0.25, -0.2) is 14.4 Å². The van der Waals surface area contributed by atoms with Gasteiger partial charge in [-0.1, -0.05) is 27.4 Å². The normalized spacial score (nSPS) is 14.9. The first-order chi connectivity index (χ1) is 16.9. The number of carbonyl (C=O) groups is 3. The lowest BCUT2D eigenvalue weighted by Gasteiger charge is -2.30. The van der Waals surface area contributed by atoms with Crippen LogP contribution in [0.1, 0.15) is 66.2 Å². The highest BCUT2D eigenvalue weighted by molar-refractivity contribution is 5.79. The van der Waals surface area contributed by atoms with E-state index in [0.717, 1.165) is 0 Å². The molecule has 0 aliphatic heterocycles. The number of aliphatic hydroxyl groups excluding tert-OH is 1. The summed E-state index contributed by atoms with van der Waals surface area (Å²) in [6, 6.07) is 0. The molecule has 0 fully saturated rings. The van der Waals surface area contributed by atoms with E-state index < -0.39 is 86.6 Å². The van der Waals surface area contributed by atoms with Crippen molar-refractivity contribution in [2.24, 2.45) is 0 Å². The predicted molar refractivity (Wildman–Crippen MR) is 117 cm³/mol. The van der Waals surface area contributed by atoms with Crippen LogP contribution < -0.4 is 0 Å². The molecule has 0 aromatic heterocycles. The smallest absolute Gasteiger partial charge is 0.377 e. The van der Waals surface area contributed by atoms with E-state index >= 15 is 0 Å². The maximum absolute atomic E-state index is 14.1. The molecule has 0 spiro atoms. The number of carbonyl (C=O) groups excluding carboxylic acids is 3. The lowest BCUT2D eigenvalue weighted by molar-refractivity contribution is -0.216. The summed E-state index contributed by atoms with van der Waals surface area (Å²) in [5.74, 6) is -18.3. The van der Waals surface area contributed by atoms with Crippen LogP contribution in [0.25, 0.3) is 0 Å². The Labute approximate surface area is 211 Å². The van der Waals surface area contributed by atoms with Crippen LogP contribution in [0.5, 0.6) is 0 Å². The van der Waals surface area contributed by atoms with Crippen LogP contribution in [0.3, 0.4) is 0 Å². The minimum Gasteiger partial charge on any atom is -0.458 e. The van der Waals surface area contributed by atoms with E-state index in [1.807, 2.05) is 0 Å². The molecule has 0 aromatic rings. The molecule has 3 atom stereocenters. The molecule has 0 aliphatic carbocycles. The van der Waals surface area contributed by atoms with Crippen molar-refractivity contribution in [2.45, 2.75) is 102 Å². The second kappa shape index (κ2) is 15.2. The number of hydrogen-bond acceptors (Lipinski definition) is 8. The van der Waals surface area contributed by atoms with Crippen molar-refractivity contribution in [2.75, 3.05) is 13.2 Å². The van der Waals surface area contributed by atoms with Crippen LogP contribution in [-0.4, -0.2) is 72.5 Å². The van der Waals surface area contributed by atoms with Crippen molar-refractivity contribution in [3.05, 3.63) is 12.2 Å². The van der Waals surface area contributed by atoms with Gasteiger partial charge in [0, 0.05) is 19.3 Å². The van der Waals surface area contributed by atoms with Gasteiger partial charge in [0.2, 0.25) is 0 Å². The van der Waals surface area contributed by atoms with Gasteiger partial charge in [0.15, 0.2) is 12.4 Å². The molecule has 0 radical (unpaired) electrons. The Morgan fingerprint density at radius 2 is 1.08 bits per heavy atom. The largest absolute Gasteiger partial charge is 0.458 e. The summed E-state index contributed by atoms with van der Waals surface area (Å²) in [4.78, 5) is 35.7. The van der Waals surface area contributed by atoms with E-state index in [1.54, 1.807) is 0 Å². The fourth-order valence-electron chi connectivity index (χ4n) is 2.73. The summed E-state index contributed by atoms with van der Waals surface area (Å²) in [5.41, 5.74) is -0.0968. The third-order valence-corrected chi connectivity index (χ3v) is 4.74. The Bertz CT molecular complexity index is 774. The van der Waals surface area contributed by atoms with Crippen molar-refractivity contribution in [3.63, 3.8) is 0 Å².